The van der Waals surface area contributed by atoms with E-state index in [1.807, 2.05) is 6.08 Å². The molecule has 0 fully saturated rings. The van der Waals surface area contributed by atoms with Crippen molar-refractivity contribution in [1.82, 2.24) is 4.90 Å². The average Bonchev–Trinajstić information content (AvgIpc) is 3.53. The normalized spacial score (nSPS) is 33.4. The summed E-state index contributed by atoms with van der Waals surface area (Å²) >= 11 is 0. The molecule has 212 valence electrons. The van der Waals surface area contributed by atoms with Gasteiger partial charge in [-0.15, -0.1) is 0 Å². The molecule has 0 bridgehead atoms. The second kappa shape index (κ2) is 10.0. The number of hydrogen-bond donors (Lipinski definition) is 0. The molecule has 6 atom stereocenters. The highest BCUT2D eigenvalue weighted by atomic mass is 15.3. The second-order valence-electron chi connectivity index (χ2n) is 13.0. The summed E-state index contributed by atoms with van der Waals surface area (Å²) in [5.41, 5.74) is 9.57. The van der Waals surface area contributed by atoms with Gasteiger partial charge in [0.15, 0.2) is 0 Å². The fourth-order valence-corrected chi connectivity index (χ4v) is 8.96. The molecule has 7 aliphatic rings. The topological polar surface area (TPSA) is 54.1 Å². The molecule has 0 saturated heterocycles. The summed E-state index contributed by atoms with van der Waals surface area (Å²) in [5.74, 6) is 0.722. The molecule has 1 aromatic rings. The van der Waals surface area contributed by atoms with E-state index in [4.69, 9.17) is 0 Å². The monoisotopic (exact) mass is 560 g/mol. The fourth-order valence-electron chi connectivity index (χ4n) is 8.96. The summed E-state index contributed by atoms with van der Waals surface area (Å²) in [6.07, 6.45) is 33.0. The standard InChI is InChI=1S/C39H36N4/c1-39-21-20-27(25-41)23-33(39)31-13-5-9-17-38(31)43(39)37-16-8-4-12-30(37)32-22-26(24-40)18-19-36(32)42-34-14-6-2-10-28(34)29-11-3-7-15-35(29)42/h2,4-8,10,12-16,18,20-21,23,28,32-34,36H,3,9,11,17,19,22H2,1H3. The molecule has 4 heteroatoms. The number of nitrogens with zero attached hydrogens (tertiary/aromatic N) is 4. The van der Waals surface area contributed by atoms with Crippen molar-refractivity contribution < 1.29 is 0 Å². The van der Waals surface area contributed by atoms with Crippen LogP contribution in [0.2, 0.25) is 0 Å². The number of allylic oxidation sites excluding steroid dienone is 10. The van der Waals surface area contributed by atoms with Crippen LogP contribution in [0.5, 0.6) is 0 Å². The number of hydrogen-bond acceptors (Lipinski definition) is 4. The number of rotatable bonds is 3. The molecule has 0 saturated carbocycles. The van der Waals surface area contributed by atoms with Crippen molar-refractivity contribution in [3.05, 3.63) is 136 Å². The third kappa shape index (κ3) is 3.86. The lowest BCUT2D eigenvalue weighted by atomic mass is 9.76. The first-order chi connectivity index (χ1) is 21.1. The molecular formula is C39H36N4. The molecule has 2 heterocycles. The molecule has 8 rings (SSSR count). The zero-order valence-electron chi connectivity index (χ0n) is 24.7. The van der Waals surface area contributed by atoms with Gasteiger partial charge in [-0.1, -0.05) is 79.0 Å². The van der Waals surface area contributed by atoms with Crippen molar-refractivity contribution in [3.63, 3.8) is 0 Å². The van der Waals surface area contributed by atoms with E-state index < -0.39 is 0 Å². The number of nitriles is 2. The Balaban J connectivity index is 1.27. The van der Waals surface area contributed by atoms with E-state index in [1.54, 1.807) is 5.57 Å². The molecule has 0 N–H and O–H groups in total. The van der Waals surface area contributed by atoms with Crippen LogP contribution >= 0.6 is 0 Å². The minimum absolute atomic E-state index is 0.127. The van der Waals surface area contributed by atoms with Crippen LogP contribution in [0.15, 0.2) is 131 Å². The maximum Gasteiger partial charge on any atom is 0.0988 e. The van der Waals surface area contributed by atoms with E-state index in [9.17, 15) is 10.5 Å². The minimum Gasteiger partial charge on any atom is -0.360 e. The van der Waals surface area contributed by atoms with Crippen LogP contribution in [0.4, 0.5) is 5.69 Å². The fraction of sp³-hybridized carbons (Fsp3) is 0.333. The highest BCUT2D eigenvalue weighted by Gasteiger charge is 2.50. The zero-order chi connectivity index (χ0) is 29.1. The van der Waals surface area contributed by atoms with E-state index in [0.717, 1.165) is 49.7 Å². The van der Waals surface area contributed by atoms with Crippen molar-refractivity contribution in [3.8, 4) is 12.1 Å². The van der Waals surface area contributed by atoms with Gasteiger partial charge >= 0.3 is 0 Å². The van der Waals surface area contributed by atoms with Gasteiger partial charge in [0.1, 0.15) is 0 Å². The molecule has 1 aromatic carbocycles. The number of anilines is 1. The van der Waals surface area contributed by atoms with E-state index in [0.29, 0.717) is 12.0 Å². The summed E-state index contributed by atoms with van der Waals surface area (Å²) in [4.78, 5) is 5.31. The minimum atomic E-state index is -0.300. The van der Waals surface area contributed by atoms with Gasteiger partial charge in [0, 0.05) is 52.0 Å². The van der Waals surface area contributed by atoms with Crippen LogP contribution in [-0.4, -0.2) is 22.5 Å². The van der Waals surface area contributed by atoms with Gasteiger partial charge in [0.25, 0.3) is 0 Å². The summed E-state index contributed by atoms with van der Waals surface area (Å²) in [6.45, 7) is 2.33. The lowest BCUT2D eigenvalue weighted by molar-refractivity contribution is 0.188. The maximum absolute atomic E-state index is 10.1. The molecular weight excluding hydrogens is 524 g/mol. The molecule has 6 unspecified atom stereocenters. The summed E-state index contributed by atoms with van der Waals surface area (Å²) in [7, 11) is 0. The summed E-state index contributed by atoms with van der Waals surface area (Å²) in [6, 6.07) is 14.5. The van der Waals surface area contributed by atoms with Gasteiger partial charge in [-0.3, -0.25) is 0 Å². The van der Waals surface area contributed by atoms with Gasteiger partial charge in [-0.25, -0.2) is 0 Å². The Morgan fingerprint density at radius 1 is 0.953 bits per heavy atom. The summed E-state index contributed by atoms with van der Waals surface area (Å²) in [5, 5.41) is 19.9. The quantitative estimate of drug-likeness (QED) is 0.374. The highest BCUT2D eigenvalue weighted by Crippen LogP contribution is 2.55. The SMILES string of the molecule is CC12C=CC(C#N)=CC1C1=C(CCC=C1)N2c1ccccc1C1CC(C#N)=CCC1N1C2=C(CCC=C2)C2C=CC=CC21. The van der Waals surface area contributed by atoms with E-state index >= 15 is 0 Å². The number of para-hydroxylation sites is 1. The molecule has 4 nitrogen and oxygen atoms in total. The lowest BCUT2D eigenvalue weighted by Crippen LogP contribution is -2.47. The van der Waals surface area contributed by atoms with Gasteiger partial charge < -0.3 is 9.80 Å². The molecule has 5 aliphatic carbocycles. The average molecular weight is 561 g/mol. The van der Waals surface area contributed by atoms with Crippen molar-refractivity contribution >= 4 is 5.69 Å². The van der Waals surface area contributed by atoms with Crippen LogP contribution in [0.25, 0.3) is 0 Å². The molecule has 43 heavy (non-hydrogen) atoms. The van der Waals surface area contributed by atoms with Gasteiger partial charge in [0.05, 0.1) is 23.7 Å². The molecule has 0 amide bonds. The molecule has 0 spiro atoms. The van der Waals surface area contributed by atoms with Gasteiger partial charge in [-0.05, 0) is 80.4 Å². The van der Waals surface area contributed by atoms with Crippen LogP contribution in [0.3, 0.4) is 0 Å². The first-order valence-electron chi connectivity index (χ1n) is 15.8. The third-order valence-corrected chi connectivity index (χ3v) is 10.9. The predicted octanol–water partition coefficient (Wildman–Crippen LogP) is 8.23. The van der Waals surface area contributed by atoms with Crippen LogP contribution in [0, 0.1) is 34.5 Å². The number of benzene rings is 1. The molecule has 0 aromatic heterocycles. The Morgan fingerprint density at radius 2 is 1.79 bits per heavy atom. The Bertz CT molecular complexity index is 1760. The predicted molar refractivity (Wildman–Crippen MR) is 171 cm³/mol. The van der Waals surface area contributed by atoms with Gasteiger partial charge in [0.2, 0.25) is 0 Å². The summed E-state index contributed by atoms with van der Waals surface area (Å²) < 4.78 is 0. The van der Waals surface area contributed by atoms with Crippen molar-refractivity contribution in [2.75, 3.05) is 4.90 Å². The Hall–Kier alpha value is -4.54. The van der Waals surface area contributed by atoms with Crippen molar-refractivity contribution in [1.29, 1.82) is 10.5 Å². The molecule has 2 aliphatic heterocycles. The third-order valence-electron chi connectivity index (χ3n) is 10.9. The lowest BCUT2D eigenvalue weighted by Gasteiger charge is -2.46. The largest absolute Gasteiger partial charge is 0.360 e. The Morgan fingerprint density at radius 3 is 2.67 bits per heavy atom. The maximum atomic E-state index is 10.1. The first-order valence-corrected chi connectivity index (χ1v) is 15.8. The number of fused-ring (bicyclic) bond motifs is 4. The Labute approximate surface area is 255 Å². The first kappa shape index (κ1) is 26.1. The van der Waals surface area contributed by atoms with Crippen LogP contribution in [0.1, 0.15) is 56.9 Å². The van der Waals surface area contributed by atoms with Crippen LogP contribution in [-0.2, 0) is 0 Å². The smallest absolute Gasteiger partial charge is 0.0988 e. The van der Waals surface area contributed by atoms with Crippen LogP contribution < -0.4 is 4.90 Å². The van der Waals surface area contributed by atoms with E-state index in [2.05, 4.69) is 120 Å². The molecule has 0 radical (unpaired) electrons. The van der Waals surface area contributed by atoms with E-state index in [-0.39, 0.29) is 23.4 Å². The second-order valence-corrected chi connectivity index (χ2v) is 13.0. The van der Waals surface area contributed by atoms with Gasteiger partial charge in [-0.2, -0.15) is 10.5 Å². The Kier molecular flexibility index (Phi) is 6.09. The van der Waals surface area contributed by atoms with E-state index in [1.165, 1.54) is 28.2 Å². The van der Waals surface area contributed by atoms with Crippen molar-refractivity contribution in [2.24, 2.45) is 11.8 Å². The van der Waals surface area contributed by atoms with Crippen molar-refractivity contribution in [2.45, 2.75) is 69.0 Å². The zero-order valence-corrected chi connectivity index (χ0v) is 24.7. The highest BCUT2D eigenvalue weighted by molar-refractivity contribution is 5.71.